The predicted molar refractivity (Wildman–Crippen MR) is 104 cm³/mol. The highest BCUT2D eigenvalue weighted by Crippen LogP contribution is 2.22. The van der Waals surface area contributed by atoms with Crippen LogP contribution in [0.1, 0.15) is 12.5 Å². The maximum Gasteiger partial charge on any atom is 0.233 e. The van der Waals surface area contributed by atoms with Gasteiger partial charge in [0.2, 0.25) is 5.91 Å². The Morgan fingerprint density at radius 1 is 1.15 bits per heavy atom. The quantitative estimate of drug-likeness (QED) is 0.701. The maximum atomic E-state index is 12.5. The lowest BCUT2D eigenvalue weighted by Gasteiger charge is -2.34. The van der Waals surface area contributed by atoms with Gasteiger partial charge in [-0.1, -0.05) is 6.07 Å². The topological polar surface area (TPSA) is 45.7 Å². The zero-order valence-corrected chi connectivity index (χ0v) is 16.0. The molecule has 1 fully saturated rings. The van der Waals surface area contributed by atoms with Crippen LogP contribution in [0.5, 0.6) is 5.75 Å². The van der Waals surface area contributed by atoms with Crippen molar-refractivity contribution in [1.29, 1.82) is 0 Å². The normalized spacial score (nSPS) is 15.0. The average Bonchev–Trinajstić information content (AvgIpc) is 2.69. The van der Waals surface area contributed by atoms with E-state index in [4.69, 9.17) is 4.74 Å². The lowest BCUT2D eigenvalue weighted by Crippen LogP contribution is -2.48. The summed E-state index contributed by atoms with van der Waals surface area (Å²) in [7, 11) is 0. The molecule has 0 N–H and O–H groups in total. The highest BCUT2D eigenvalue weighted by molar-refractivity contribution is 8.00. The first kappa shape index (κ1) is 18.7. The molecule has 1 saturated heterocycles. The SMILES string of the molecule is CCOc1ccc(SCC(=O)N2CCN(Cc3cccnc3)CC2)cc1. The number of thioether (sulfide) groups is 1. The maximum absolute atomic E-state index is 12.5. The molecule has 0 aliphatic carbocycles. The molecular weight excluding hydrogens is 346 g/mol. The van der Waals surface area contributed by atoms with E-state index in [1.807, 2.05) is 48.4 Å². The van der Waals surface area contributed by atoms with Gasteiger partial charge in [0.1, 0.15) is 5.75 Å². The Morgan fingerprint density at radius 3 is 2.58 bits per heavy atom. The fraction of sp³-hybridized carbons (Fsp3) is 0.400. The standard InChI is InChI=1S/C20H25N3O2S/c1-2-25-18-5-7-19(8-6-18)26-16-20(24)23-12-10-22(11-13-23)15-17-4-3-9-21-14-17/h3-9,14H,2,10-13,15-16H2,1H3. The van der Waals surface area contributed by atoms with Gasteiger partial charge < -0.3 is 9.64 Å². The van der Waals surface area contributed by atoms with Crippen molar-refractivity contribution in [2.45, 2.75) is 18.4 Å². The van der Waals surface area contributed by atoms with Gasteiger partial charge in [-0.3, -0.25) is 14.7 Å². The summed E-state index contributed by atoms with van der Waals surface area (Å²) in [5.41, 5.74) is 1.22. The summed E-state index contributed by atoms with van der Waals surface area (Å²) in [6.45, 7) is 6.95. The predicted octanol–water partition coefficient (Wildman–Crippen LogP) is 2.92. The van der Waals surface area contributed by atoms with Gasteiger partial charge in [-0.05, 0) is 42.8 Å². The van der Waals surface area contributed by atoms with E-state index in [-0.39, 0.29) is 5.91 Å². The Balaban J connectivity index is 1.40. The lowest BCUT2D eigenvalue weighted by molar-refractivity contribution is -0.130. The van der Waals surface area contributed by atoms with Crippen molar-refractivity contribution in [1.82, 2.24) is 14.8 Å². The number of ether oxygens (including phenoxy) is 1. The van der Waals surface area contributed by atoms with Gasteiger partial charge in [0.25, 0.3) is 0 Å². The molecule has 138 valence electrons. The van der Waals surface area contributed by atoms with E-state index in [0.717, 1.165) is 43.4 Å². The van der Waals surface area contributed by atoms with Crippen LogP contribution in [0.4, 0.5) is 0 Å². The molecule has 1 aromatic heterocycles. The summed E-state index contributed by atoms with van der Waals surface area (Å²) < 4.78 is 5.44. The second-order valence-electron chi connectivity index (χ2n) is 6.21. The highest BCUT2D eigenvalue weighted by atomic mass is 32.2. The first-order valence-electron chi connectivity index (χ1n) is 8.99. The van der Waals surface area contributed by atoms with E-state index >= 15 is 0 Å². The van der Waals surface area contributed by atoms with Crippen molar-refractivity contribution in [3.05, 3.63) is 54.4 Å². The number of carbonyl (C=O) groups is 1. The van der Waals surface area contributed by atoms with Gasteiger partial charge in [-0.2, -0.15) is 0 Å². The van der Waals surface area contributed by atoms with Gasteiger partial charge >= 0.3 is 0 Å². The Hall–Kier alpha value is -2.05. The van der Waals surface area contributed by atoms with Crippen LogP contribution in [0.15, 0.2) is 53.7 Å². The number of hydrogen-bond acceptors (Lipinski definition) is 5. The first-order chi connectivity index (χ1) is 12.7. The van der Waals surface area contributed by atoms with Crippen LogP contribution >= 0.6 is 11.8 Å². The van der Waals surface area contributed by atoms with Gasteiger partial charge in [0, 0.05) is 50.0 Å². The number of hydrogen-bond donors (Lipinski definition) is 0. The van der Waals surface area contributed by atoms with E-state index < -0.39 is 0 Å². The van der Waals surface area contributed by atoms with Crippen molar-refractivity contribution < 1.29 is 9.53 Å². The second kappa shape index (κ2) is 9.59. The van der Waals surface area contributed by atoms with Gasteiger partial charge in [0.15, 0.2) is 0 Å². The van der Waals surface area contributed by atoms with Crippen LogP contribution in [-0.2, 0) is 11.3 Å². The average molecular weight is 372 g/mol. The monoisotopic (exact) mass is 371 g/mol. The van der Waals surface area contributed by atoms with E-state index in [1.165, 1.54) is 5.56 Å². The molecule has 0 saturated carbocycles. The number of pyridine rings is 1. The lowest BCUT2D eigenvalue weighted by atomic mass is 10.2. The van der Waals surface area contributed by atoms with Crippen LogP contribution < -0.4 is 4.74 Å². The molecule has 0 bridgehead atoms. The molecule has 1 aliphatic rings. The molecule has 0 spiro atoms. The number of piperazine rings is 1. The molecule has 1 aliphatic heterocycles. The largest absolute Gasteiger partial charge is 0.494 e. The Morgan fingerprint density at radius 2 is 1.92 bits per heavy atom. The van der Waals surface area contributed by atoms with Crippen LogP contribution in [0.2, 0.25) is 0 Å². The van der Waals surface area contributed by atoms with Crippen LogP contribution in [0.25, 0.3) is 0 Å². The van der Waals surface area contributed by atoms with Gasteiger partial charge in [-0.25, -0.2) is 0 Å². The molecule has 2 aromatic rings. The van der Waals surface area contributed by atoms with E-state index in [0.29, 0.717) is 12.4 Å². The molecule has 6 heteroatoms. The molecule has 0 radical (unpaired) electrons. The third kappa shape index (κ3) is 5.47. The fourth-order valence-electron chi connectivity index (χ4n) is 2.94. The molecule has 5 nitrogen and oxygen atoms in total. The second-order valence-corrected chi connectivity index (χ2v) is 7.26. The summed E-state index contributed by atoms with van der Waals surface area (Å²) >= 11 is 1.58. The molecule has 1 aromatic carbocycles. The summed E-state index contributed by atoms with van der Waals surface area (Å²) in [5.74, 6) is 1.56. The van der Waals surface area contributed by atoms with Gasteiger partial charge in [-0.15, -0.1) is 11.8 Å². The molecule has 2 heterocycles. The minimum Gasteiger partial charge on any atom is -0.494 e. The summed E-state index contributed by atoms with van der Waals surface area (Å²) in [6, 6.07) is 12.0. The molecular formula is C20H25N3O2S. The van der Waals surface area contributed by atoms with Crippen molar-refractivity contribution in [2.75, 3.05) is 38.5 Å². The first-order valence-corrected chi connectivity index (χ1v) is 9.98. The Labute approximate surface area is 159 Å². The molecule has 3 rings (SSSR count). The van der Waals surface area contributed by atoms with Crippen molar-refractivity contribution >= 4 is 17.7 Å². The number of nitrogens with zero attached hydrogens (tertiary/aromatic N) is 3. The van der Waals surface area contributed by atoms with Crippen molar-refractivity contribution in [3.8, 4) is 5.75 Å². The van der Waals surface area contributed by atoms with E-state index in [9.17, 15) is 4.79 Å². The third-order valence-corrected chi connectivity index (χ3v) is 5.35. The minimum atomic E-state index is 0.213. The smallest absolute Gasteiger partial charge is 0.233 e. The Kier molecular flexibility index (Phi) is 6.91. The summed E-state index contributed by atoms with van der Waals surface area (Å²) in [6.07, 6.45) is 3.70. The number of rotatable bonds is 7. The zero-order chi connectivity index (χ0) is 18.2. The molecule has 0 atom stereocenters. The molecule has 0 unspecified atom stereocenters. The number of amides is 1. The molecule has 26 heavy (non-hydrogen) atoms. The van der Waals surface area contributed by atoms with E-state index in [1.54, 1.807) is 18.0 Å². The van der Waals surface area contributed by atoms with Crippen LogP contribution in [-0.4, -0.2) is 59.2 Å². The highest BCUT2D eigenvalue weighted by Gasteiger charge is 2.21. The summed E-state index contributed by atoms with van der Waals surface area (Å²) in [5, 5.41) is 0. The Bertz CT molecular complexity index is 686. The van der Waals surface area contributed by atoms with E-state index in [2.05, 4.69) is 16.0 Å². The summed E-state index contributed by atoms with van der Waals surface area (Å²) in [4.78, 5) is 22.1. The van der Waals surface area contributed by atoms with Crippen LogP contribution in [0, 0.1) is 0 Å². The number of carbonyl (C=O) groups excluding carboxylic acids is 1. The van der Waals surface area contributed by atoms with Gasteiger partial charge in [0.05, 0.1) is 12.4 Å². The zero-order valence-electron chi connectivity index (χ0n) is 15.1. The minimum absolute atomic E-state index is 0.213. The number of aromatic nitrogens is 1. The third-order valence-electron chi connectivity index (χ3n) is 4.35. The molecule has 1 amide bonds. The number of benzene rings is 1. The fourth-order valence-corrected chi connectivity index (χ4v) is 3.74. The van der Waals surface area contributed by atoms with Crippen LogP contribution in [0.3, 0.4) is 0 Å². The van der Waals surface area contributed by atoms with Crippen molar-refractivity contribution in [3.63, 3.8) is 0 Å². The van der Waals surface area contributed by atoms with Crippen molar-refractivity contribution in [2.24, 2.45) is 0 Å².